The van der Waals surface area contributed by atoms with Gasteiger partial charge in [0.1, 0.15) is 5.75 Å². The molecule has 0 aromatic heterocycles. The normalized spacial score (nSPS) is 15.9. The molecule has 5 nitrogen and oxygen atoms in total. The molecular weight excluding hydrogens is 280 g/mol. The third kappa shape index (κ3) is 2.79. The Labute approximate surface area is 128 Å². The van der Waals surface area contributed by atoms with Crippen LogP contribution in [0.2, 0.25) is 0 Å². The SMILES string of the molecule is COc1cccc(NC(=O)CC2C(=O)Nc3ccccc32)c1. The molecule has 3 rings (SSSR count). The van der Waals surface area contributed by atoms with E-state index in [0.29, 0.717) is 11.4 Å². The van der Waals surface area contributed by atoms with Crippen LogP contribution in [0.15, 0.2) is 48.5 Å². The molecule has 2 aromatic rings. The Morgan fingerprint density at radius 2 is 2.05 bits per heavy atom. The number of nitrogens with one attached hydrogen (secondary N) is 2. The van der Waals surface area contributed by atoms with Crippen LogP contribution in [0.25, 0.3) is 0 Å². The van der Waals surface area contributed by atoms with Crippen molar-refractivity contribution >= 4 is 23.2 Å². The maximum absolute atomic E-state index is 12.2. The van der Waals surface area contributed by atoms with Crippen molar-refractivity contribution in [3.63, 3.8) is 0 Å². The summed E-state index contributed by atoms with van der Waals surface area (Å²) in [7, 11) is 1.57. The molecule has 1 heterocycles. The molecule has 0 bridgehead atoms. The summed E-state index contributed by atoms with van der Waals surface area (Å²) >= 11 is 0. The highest BCUT2D eigenvalue weighted by atomic mass is 16.5. The molecule has 0 saturated carbocycles. The van der Waals surface area contributed by atoms with E-state index in [2.05, 4.69) is 10.6 Å². The van der Waals surface area contributed by atoms with Crippen molar-refractivity contribution in [3.8, 4) is 5.75 Å². The highest BCUT2D eigenvalue weighted by molar-refractivity contribution is 6.06. The van der Waals surface area contributed by atoms with Gasteiger partial charge in [-0.05, 0) is 23.8 Å². The second-order valence-corrected chi connectivity index (χ2v) is 5.11. The lowest BCUT2D eigenvalue weighted by molar-refractivity contribution is -0.122. The molecule has 2 aromatic carbocycles. The van der Waals surface area contributed by atoms with Gasteiger partial charge in [0, 0.05) is 23.9 Å². The minimum atomic E-state index is -0.443. The molecule has 0 fully saturated rings. The van der Waals surface area contributed by atoms with Gasteiger partial charge in [-0.15, -0.1) is 0 Å². The van der Waals surface area contributed by atoms with E-state index in [0.717, 1.165) is 11.3 Å². The molecule has 0 aliphatic carbocycles. The molecule has 1 aliphatic rings. The minimum Gasteiger partial charge on any atom is -0.497 e. The van der Waals surface area contributed by atoms with E-state index in [1.807, 2.05) is 24.3 Å². The summed E-state index contributed by atoms with van der Waals surface area (Å²) in [5, 5.41) is 5.59. The van der Waals surface area contributed by atoms with Gasteiger partial charge < -0.3 is 15.4 Å². The predicted molar refractivity (Wildman–Crippen MR) is 84.1 cm³/mol. The van der Waals surface area contributed by atoms with E-state index in [4.69, 9.17) is 4.74 Å². The fourth-order valence-electron chi connectivity index (χ4n) is 2.58. The van der Waals surface area contributed by atoms with E-state index in [1.165, 1.54) is 0 Å². The second-order valence-electron chi connectivity index (χ2n) is 5.11. The molecule has 2 amide bonds. The van der Waals surface area contributed by atoms with Gasteiger partial charge in [-0.25, -0.2) is 0 Å². The Bertz CT molecular complexity index is 727. The molecule has 22 heavy (non-hydrogen) atoms. The summed E-state index contributed by atoms with van der Waals surface area (Å²) in [4.78, 5) is 24.2. The van der Waals surface area contributed by atoms with Crippen LogP contribution in [0.1, 0.15) is 17.9 Å². The first-order valence-electron chi connectivity index (χ1n) is 7.01. The molecule has 1 atom stereocenters. The molecule has 1 aliphatic heterocycles. The predicted octanol–water partition coefficient (Wildman–Crippen LogP) is 2.76. The van der Waals surface area contributed by atoms with Crippen molar-refractivity contribution < 1.29 is 14.3 Å². The van der Waals surface area contributed by atoms with Crippen LogP contribution in [0.3, 0.4) is 0 Å². The van der Waals surface area contributed by atoms with Crippen LogP contribution in [0.4, 0.5) is 11.4 Å². The van der Waals surface area contributed by atoms with Crippen LogP contribution in [0, 0.1) is 0 Å². The summed E-state index contributed by atoms with van der Waals surface area (Å²) in [5.41, 5.74) is 2.30. The average molecular weight is 296 g/mol. The molecule has 5 heteroatoms. The first-order chi connectivity index (χ1) is 10.7. The number of rotatable bonds is 4. The number of hydrogen-bond acceptors (Lipinski definition) is 3. The number of benzene rings is 2. The number of ether oxygens (including phenoxy) is 1. The molecule has 112 valence electrons. The zero-order valence-corrected chi connectivity index (χ0v) is 12.1. The molecule has 2 N–H and O–H groups in total. The smallest absolute Gasteiger partial charge is 0.232 e. The van der Waals surface area contributed by atoms with Crippen molar-refractivity contribution in [2.45, 2.75) is 12.3 Å². The third-order valence-electron chi connectivity index (χ3n) is 3.65. The van der Waals surface area contributed by atoms with E-state index in [-0.39, 0.29) is 18.2 Å². The first-order valence-corrected chi connectivity index (χ1v) is 7.01. The number of methoxy groups -OCH3 is 1. The van der Waals surface area contributed by atoms with Crippen LogP contribution >= 0.6 is 0 Å². The Hall–Kier alpha value is -2.82. The highest BCUT2D eigenvalue weighted by Gasteiger charge is 2.31. The Kier molecular flexibility index (Phi) is 3.78. The zero-order valence-electron chi connectivity index (χ0n) is 12.1. The fourth-order valence-corrected chi connectivity index (χ4v) is 2.58. The first kappa shape index (κ1) is 14.1. The lowest BCUT2D eigenvalue weighted by atomic mass is 9.97. The Morgan fingerprint density at radius 3 is 2.86 bits per heavy atom. The number of carbonyl (C=O) groups is 2. The van der Waals surface area contributed by atoms with Gasteiger partial charge in [0.2, 0.25) is 11.8 Å². The van der Waals surface area contributed by atoms with Crippen LogP contribution < -0.4 is 15.4 Å². The van der Waals surface area contributed by atoms with Crippen molar-refractivity contribution in [1.29, 1.82) is 0 Å². The standard InChI is InChI=1S/C17H16N2O3/c1-22-12-6-4-5-11(9-12)18-16(20)10-14-13-7-2-3-8-15(13)19-17(14)21/h2-9,14H,10H2,1H3,(H,18,20)(H,19,21). The van der Waals surface area contributed by atoms with Gasteiger partial charge in [0.15, 0.2) is 0 Å². The fraction of sp³-hybridized carbons (Fsp3) is 0.176. The quantitative estimate of drug-likeness (QED) is 0.911. The molecule has 0 saturated heterocycles. The monoisotopic (exact) mass is 296 g/mol. The lowest BCUT2D eigenvalue weighted by Gasteiger charge is -2.10. The van der Waals surface area contributed by atoms with E-state index in [9.17, 15) is 9.59 Å². The van der Waals surface area contributed by atoms with Crippen LogP contribution in [0.5, 0.6) is 5.75 Å². The van der Waals surface area contributed by atoms with Gasteiger partial charge >= 0.3 is 0 Å². The second kappa shape index (κ2) is 5.89. The molecule has 0 radical (unpaired) electrons. The third-order valence-corrected chi connectivity index (χ3v) is 3.65. The Morgan fingerprint density at radius 1 is 1.23 bits per heavy atom. The number of carbonyl (C=O) groups excluding carboxylic acids is 2. The summed E-state index contributed by atoms with van der Waals surface area (Å²) in [6.07, 6.45) is 0.111. The average Bonchev–Trinajstić information content (AvgIpc) is 2.83. The molecule has 0 spiro atoms. The van der Waals surface area contributed by atoms with E-state index < -0.39 is 5.92 Å². The number of para-hydroxylation sites is 1. The highest BCUT2D eigenvalue weighted by Crippen LogP contribution is 2.34. The largest absolute Gasteiger partial charge is 0.497 e. The van der Waals surface area contributed by atoms with Crippen molar-refractivity contribution in [1.82, 2.24) is 0 Å². The number of amides is 2. The van der Waals surface area contributed by atoms with Gasteiger partial charge in [0.25, 0.3) is 0 Å². The summed E-state index contributed by atoms with van der Waals surface area (Å²) in [6.45, 7) is 0. The van der Waals surface area contributed by atoms with Crippen molar-refractivity contribution in [2.75, 3.05) is 17.7 Å². The van der Waals surface area contributed by atoms with Crippen molar-refractivity contribution in [2.24, 2.45) is 0 Å². The maximum atomic E-state index is 12.2. The topological polar surface area (TPSA) is 67.4 Å². The van der Waals surface area contributed by atoms with Crippen LogP contribution in [-0.4, -0.2) is 18.9 Å². The zero-order chi connectivity index (χ0) is 15.5. The summed E-state index contributed by atoms with van der Waals surface area (Å²) in [5.74, 6) is -0.115. The maximum Gasteiger partial charge on any atom is 0.232 e. The molecular formula is C17H16N2O3. The van der Waals surface area contributed by atoms with Crippen molar-refractivity contribution in [3.05, 3.63) is 54.1 Å². The number of fused-ring (bicyclic) bond motifs is 1. The molecule has 1 unspecified atom stereocenters. The van der Waals surface area contributed by atoms with Gasteiger partial charge in [-0.1, -0.05) is 24.3 Å². The van der Waals surface area contributed by atoms with Gasteiger partial charge in [-0.3, -0.25) is 9.59 Å². The number of anilines is 2. The van der Waals surface area contributed by atoms with E-state index >= 15 is 0 Å². The lowest BCUT2D eigenvalue weighted by Crippen LogP contribution is -2.20. The van der Waals surface area contributed by atoms with E-state index in [1.54, 1.807) is 31.4 Å². The minimum absolute atomic E-state index is 0.111. The Balaban J connectivity index is 1.71. The van der Waals surface area contributed by atoms with Gasteiger partial charge in [-0.2, -0.15) is 0 Å². The van der Waals surface area contributed by atoms with Crippen LogP contribution in [-0.2, 0) is 9.59 Å². The van der Waals surface area contributed by atoms with Gasteiger partial charge in [0.05, 0.1) is 13.0 Å². The number of hydrogen-bond donors (Lipinski definition) is 2. The summed E-state index contributed by atoms with van der Waals surface area (Å²) < 4.78 is 5.12. The summed E-state index contributed by atoms with van der Waals surface area (Å²) in [6, 6.07) is 14.6.